The monoisotopic (exact) mass is 417 g/mol. The maximum Gasteiger partial charge on any atom is 0.338 e. The van der Waals surface area contributed by atoms with Crippen molar-refractivity contribution in [3.63, 3.8) is 0 Å². The van der Waals surface area contributed by atoms with Crippen LogP contribution in [0, 0.1) is 5.41 Å². The van der Waals surface area contributed by atoms with E-state index < -0.39 is 5.41 Å². The van der Waals surface area contributed by atoms with Gasteiger partial charge in [0.25, 0.3) is 5.91 Å². The Balaban J connectivity index is 1.51. The summed E-state index contributed by atoms with van der Waals surface area (Å²) in [5.41, 5.74) is 3.85. The zero-order chi connectivity index (χ0) is 21.6. The molecule has 5 rings (SSSR count). The van der Waals surface area contributed by atoms with E-state index in [4.69, 9.17) is 9.84 Å². The quantitative estimate of drug-likeness (QED) is 0.703. The van der Waals surface area contributed by atoms with Crippen LogP contribution in [-0.4, -0.2) is 36.8 Å². The third kappa shape index (κ3) is 2.96. The largest absolute Gasteiger partial charge is 0.462 e. The van der Waals surface area contributed by atoms with Crippen LogP contribution in [0.5, 0.6) is 0 Å². The number of fused-ring (bicyclic) bond motifs is 4. The third-order valence-corrected chi connectivity index (χ3v) is 6.93. The maximum absolute atomic E-state index is 14.0. The van der Waals surface area contributed by atoms with Crippen molar-refractivity contribution in [3.8, 4) is 0 Å². The molecule has 2 atom stereocenters. The zero-order valence-electron chi connectivity index (χ0n) is 18.0. The van der Waals surface area contributed by atoms with Gasteiger partial charge in [-0.15, -0.1) is 0 Å². The molecule has 6 nitrogen and oxygen atoms in total. The highest BCUT2D eigenvalue weighted by Gasteiger charge is 2.58. The molecule has 0 aliphatic carbocycles. The highest BCUT2D eigenvalue weighted by molar-refractivity contribution is 6.20. The van der Waals surface area contributed by atoms with E-state index in [1.54, 1.807) is 31.2 Å². The van der Waals surface area contributed by atoms with Crippen molar-refractivity contribution >= 4 is 29.0 Å². The Hall–Kier alpha value is -3.15. The topological polar surface area (TPSA) is 62.2 Å². The first kappa shape index (κ1) is 19.8. The number of carbonyl (C=O) groups is 2. The standard InChI is InChI=1S/C25H27N3O3/c1-3-31-23(29)18-11-13-20(14-12-18)28-24(30)25(17(2)26-28)16-19-8-4-5-9-21(19)27-15-7-6-10-22(25)27/h4-5,8-9,11-14,22H,3,6-7,10,15-16H2,1-2H3. The van der Waals surface area contributed by atoms with Gasteiger partial charge in [-0.1, -0.05) is 18.2 Å². The first-order chi connectivity index (χ1) is 15.1. The number of piperidine rings is 1. The fourth-order valence-corrected chi connectivity index (χ4v) is 5.43. The van der Waals surface area contributed by atoms with Crippen molar-refractivity contribution in [1.29, 1.82) is 0 Å². The fourth-order valence-electron chi connectivity index (χ4n) is 5.43. The minimum Gasteiger partial charge on any atom is -0.462 e. The van der Waals surface area contributed by atoms with Crippen LogP contribution in [0.3, 0.4) is 0 Å². The Kier molecular flexibility index (Phi) is 4.80. The predicted octanol–water partition coefficient (Wildman–Crippen LogP) is 4.19. The highest BCUT2D eigenvalue weighted by Crippen LogP contribution is 2.49. The summed E-state index contributed by atoms with van der Waals surface area (Å²) in [6.45, 7) is 5.07. The van der Waals surface area contributed by atoms with E-state index in [0.717, 1.165) is 31.5 Å². The van der Waals surface area contributed by atoms with Crippen LogP contribution < -0.4 is 9.91 Å². The summed E-state index contributed by atoms with van der Waals surface area (Å²) < 4.78 is 5.06. The molecule has 6 heteroatoms. The van der Waals surface area contributed by atoms with Crippen molar-refractivity contribution in [2.45, 2.75) is 45.6 Å². The molecule has 3 heterocycles. The molecule has 0 N–H and O–H groups in total. The van der Waals surface area contributed by atoms with Crippen LogP contribution in [0.25, 0.3) is 0 Å². The lowest BCUT2D eigenvalue weighted by atomic mass is 9.66. The molecule has 2 aromatic rings. The molecular weight excluding hydrogens is 390 g/mol. The summed E-state index contributed by atoms with van der Waals surface area (Å²) in [4.78, 5) is 28.4. The van der Waals surface area contributed by atoms with Crippen LogP contribution in [0.1, 0.15) is 49.0 Å². The summed E-state index contributed by atoms with van der Waals surface area (Å²) in [7, 11) is 0. The summed E-state index contributed by atoms with van der Waals surface area (Å²) in [6.07, 6.45) is 3.93. The Labute approximate surface area is 182 Å². The second kappa shape index (κ2) is 7.52. The van der Waals surface area contributed by atoms with Crippen LogP contribution in [-0.2, 0) is 16.0 Å². The molecule has 1 spiro atoms. The molecule has 1 fully saturated rings. The molecule has 2 aromatic carbocycles. The van der Waals surface area contributed by atoms with Crippen molar-refractivity contribution in [2.24, 2.45) is 10.5 Å². The van der Waals surface area contributed by atoms with E-state index in [1.165, 1.54) is 16.3 Å². The van der Waals surface area contributed by atoms with Crippen molar-refractivity contribution in [3.05, 3.63) is 59.7 Å². The van der Waals surface area contributed by atoms with E-state index in [2.05, 4.69) is 29.2 Å². The number of anilines is 2. The summed E-state index contributed by atoms with van der Waals surface area (Å²) in [5, 5.41) is 6.28. The van der Waals surface area contributed by atoms with Crippen LogP contribution in [0.2, 0.25) is 0 Å². The van der Waals surface area contributed by atoms with Gasteiger partial charge in [0, 0.05) is 18.3 Å². The SMILES string of the molecule is CCOC(=O)c1ccc(N2N=C(C)C3(Cc4ccccc4N4CCCCC43)C2=O)cc1. The number of nitrogens with zero attached hydrogens (tertiary/aromatic N) is 3. The van der Waals surface area contributed by atoms with Gasteiger partial charge >= 0.3 is 5.97 Å². The summed E-state index contributed by atoms with van der Waals surface area (Å²) in [6, 6.07) is 15.5. The number of rotatable bonds is 3. The lowest BCUT2D eigenvalue weighted by Crippen LogP contribution is -2.61. The zero-order valence-corrected chi connectivity index (χ0v) is 18.0. The van der Waals surface area contributed by atoms with Gasteiger partial charge in [-0.25, -0.2) is 4.79 Å². The molecule has 31 heavy (non-hydrogen) atoms. The first-order valence-electron chi connectivity index (χ1n) is 11.1. The molecule has 3 aliphatic rings. The van der Waals surface area contributed by atoms with Crippen molar-refractivity contribution in [2.75, 3.05) is 23.1 Å². The number of hydrazone groups is 1. The Bertz CT molecular complexity index is 1060. The lowest BCUT2D eigenvalue weighted by molar-refractivity contribution is -0.125. The molecule has 1 saturated heterocycles. The number of carbonyl (C=O) groups excluding carboxylic acids is 2. The van der Waals surface area contributed by atoms with E-state index >= 15 is 0 Å². The number of hydrogen-bond acceptors (Lipinski definition) is 5. The van der Waals surface area contributed by atoms with Crippen molar-refractivity contribution in [1.82, 2.24) is 0 Å². The van der Waals surface area contributed by atoms with Crippen LogP contribution in [0.15, 0.2) is 53.6 Å². The molecular formula is C25H27N3O3. The predicted molar refractivity (Wildman–Crippen MR) is 121 cm³/mol. The van der Waals surface area contributed by atoms with Crippen LogP contribution in [0.4, 0.5) is 11.4 Å². The molecule has 1 amide bonds. The number of hydrogen-bond donors (Lipinski definition) is 0. The van der Waals surface area contributed by atoms with Gasteiger partial charge in [0.15, 0.2) is 0 Å². The fraction of sp³-hybridized carbons (Fsp3) is 0.400. The Morgan fingerprint density at radius 3 is 2.71 bits per heavy atom. The second-order valence-electron chi connectivity index (χ2n) is 8.55. The lowest BCUT2D eigenvalue weighted by Gasteiger charge is -2.51. The van der Waals surface area contributed by atoms with Crippen LogP contribution >= 0.6 is 0 Å². The van der Waals surface area contributed by atoms with Gasteiger partial charge in [-0.05, 0) is 75.4 Å². The average Bonchev–Trinajstić information content (AvgIpc) is 3.05. The van der Waals surface area contributed by atoms with Gasteiger partial charge in [-0.2, -0.15) is 10.1 Å². The molecule has 0 saturated carbocycles. The Morgan fingerprint density at radius 2 is 1.94 bits per heavy atom. The van der Waals surface area contributed by atoms with Gasteiger partial charge < -0.3 is 9.64 Å². The smallest absolute Gasteiger partial charge is 0.338 e. The number of para-hydroxylation sites is 1. The minimum atomic E-state index is -0.644. The van der Waals surface area contributed by atoms with E-state index in [1.807, 2.05) is 6.92 Å². The molecule has 2 unspecified atom stereocenters. The van der Waals surface area contributed by atoms with Gasteiger partial charge in [0.2, 0.25) is 0 Å². The molecule has 0 aromatic heterocycles. The van der Waals surface area contributed by atoms with Gasteiger partial charge in [-0.3, -0.25) is 4.79 Å². The highest BCUT2D eigenvalue weighted by atomic mass is 16.5. The number of ether oxygens (including phenoxy) is 1. The molecule has 160 valence electrons. The molecule has 3 aliphatic heterocycles. The summed E-state index contributed by atoms with van der Waals surface area (Å²) in [5.74, 6) is -0.333. The van der Waals surface area contributed by atoms with E-state index in [9.17, 15) is 9.59 Å². The molecule has 0 bridgehead atoms. The average molecular weight is 418 g/mol. The minimum absolute atomic E-state index is 0.0280. The summed E-state index contributed by atoms with van der Waals surface area (Å²) >= 11 is 0. The third-order valence-electron chi connectivity index (χ3n) is 6.93. The maximum atomic E-state index is 14.0. The van der Waals surface area contributed by atoms with E-state index in [-0.39, 0.29) is 17.9 Å². The molecule has 0 radical (unpaired) electrons. The van der Waals surface area contributed by atoms with E-state index in [0.29, 0.717) is 24.3 Å². The number of esters is 1. The second-order valence-corrected chi connectivity index (χ2v) is 8.55. The van der Waals surface area contributed by atoms with Crippen molar-refractivity contribution < 1.29 is 14.3 Å². The normalized spacial score (nSPS) is 24.6. The van der Waals surface area contributed by atoms with Gasteiger partial charge in [0.1, 0.15) is 5.41 Å². The number of amides is 1. The first-order valence-corrected chi connectivity index (χ1v) is 11.1. The Morgan fingerprint density at radius 1 is 1.16 bits per heavy atom. The van der Waals surface area contributed by atoms with Gasteiger partial charge in [0.05, 0.1) is 23.6 Å². The number of benzene rings is 2.